The van der Waals surface area contributed by atoms with Crippen LogP contribution < -0.4 is 5.32 Å². The second-order valence-corrected chi connectivity index (χ2v) is 6.68. The molecule has 90 valence electrons. The van der Waals surface area contributed by atoms with Crippen LogP contribution >= 0.6 is 27.3 Å². The van der Waals surface area contributed by atoms with Crippen LogP contribution in [0.1, 0.15) is 22.3 Å². The van der Waals surface area contributed by atoms with Crippen LogP contribution in [0.3, 0.4) is 0 Å². The lowest BCUT2D eigenvalue weighted by Gasteiger charge is -2.13. The molecule has 0 spiro atoms. The number of thiophene rings is 1. The van der Waals surface area contributed by atoms with Gasteiger partial charge in [0.1, 0.15) is 0 Å². The summed E-state index contributed by atoms with van der Waals surface area (Å²) in [6.45, 7) is 7.34. The molecule has 1 nitrogen and oxygen atoms in total. The summed E-state index contributed by atoms with van der Waals surface area (Å²) in [6.07, 6.45) is 0. The van der Waals surface area contributed by atoms with Crippen LogP contribution in [0, 0.1) is 20.8 Å². The summed E-state index contributed by atoms with van der Waals surface area (Å²) in [5, 5.41) is 5.70. The quantitative estimate of drug-likeness (QED) is 0.836. The van der Waals surface area contributed by atoms with E-state index >= 15 is 0 Å². The minimum absolute atomic E-state index is 0.882. The van der Waals surface area contributed by atoms with Crippen molar-refractivity contribution in [3.8, 4) is 0 Å². The van der Waals surface area contributed by atoms with E-state index in [1.54, 1.807) is 11.3 Å². The predicted octanol–water partition coefficient (Wildman–Crippen LogP) is 5.05. The lowest BCUT2D eigenvalue weighted by molar-refractivity contribution is 1.14. The Labute approximate surface area is 115 Å². The predicted molar refractivity (Wildman–Crippen MR) is 80.0 cm³/mol. The highest BCUT2D eigenvalue weighted by Gasteiger charge is 2.04. The van der Waals surface area contributed by atoms with Gasteiger partial charge in [-0.2, -0.15) is 0 Å². The van der Waals surface area contributed by atoms with Gasteiger partial charge in [-0.1, -0.05) is 17.7 Å². The molecule has 0 saturated carbocycles. The van der Waals surface area contributed by atoms with Crippen molar-refractivity contribution in [3.63, 3.8) is 0 Å². The van der Waals surface area contributed by atoms with Crippen molar-refractivity contribution in [2.45, 2.75) is 27.3 Å². The summed E-state index contributed by atoms with van der Waals surface area (Å²) in [5.41, 5.74) is 6.54. The van der Waals surface area contributed by atoms with Crippen LogP contribution in [-0.4, -0.2) is 0 Å². The Bertz CT molecular complexity index is 508. The summed E-state index contributed by atoms with van der Waals surface area (Å²) < 4.78 is 1.19. The molecular weight excluding hydrogens is 294 g/mol. The van der Waals surface area contributed by atoms with E-state index in [-0.39, 0.29) is 0 Å². The van der Waals surface area contributed by atoms with Crippen molar-refractivity contribution in [2.24, 2.45) is 0 Å². The molecule has 2 aromatic rings. The monoisotopic (exact) mass is 309 g/mol. The molecule has 0 atom stereocenters. The lowest BCUT2D eigenvalue weighted by Crippen LogP contribution is -2.02. The summed E-state index contributed by atoms with van der Waals surface area (Å²) >= 11 is 5.21. The minimum Gasteiger partial charge on any atom is -0.381 e. The molecule has 0 amide bonds. The molecule has 0 fully saturated rings. The van der Waals surface area contributed by atoms with E-state index in [4.69, 9.17) is 0 Å². The average Bonchev–Trinajstić information content (AvgIpc) is 2.62. The molecule has 1 aromatic carbocycles. The summed E-state index contributed by atoms with van der Waals surface area (Å²) in [5.74, 6) is 0. The van der Waals surface area contributed by atoms with Gasteiger partial charge < -0.3 is 5.32 Å². The van der Waals surface area contributed by atoms with E-state index in [0.29, 0.717) is 0 Å². The van der Waals surface area contributed by atoms with Gasteiger partial charge in [-0.15, -0.1) is 11.3 Å². The van der Waals surface area contributed by atoms with E-state index in [1.165, 1.54) is 31.7 Å². The molecule has 0 aliphatic rings. The fraction of sp³-hybridized carbons (Fsp3) is 0.286. The summed E-state index contributed by atoms with van der Waals surface area (Å²) in [4.78, 5) is 0. The first-order valence-electron chi connectivity index (χ1n) is 5.61. The Morgan fingerprint density at radius 1 is 1.12 bits per heavy atom. The standard InChI is InChI=1S/C14H16BrNS/c1-9-4-10(2)14(11(3)5-9)16-7-12-6-13(15)17-8-12/h4-6,8,16H,7H2,1-3H3. The third-order valence-corrected chi connectivity index (χ3v) is 4.32. The lowest BCUT2D eigenvalue weighted by atomic mass is 10.1. The van der Waals surface area contributed by atoms with Crippen molar-refractivity contribution in [1.29, 1.82) is 0 Å². The highest BCUT2D eigenvalue weighted by molar-refractivity contribution is 9.11. The van der Waals surface area contributed by atoms with Gasteiger partial charge in [0, 0.05) is 12.2 Å². The number of aryl methyl sites for hydroxylation is 3. The Balaban J connectivity index is 2.14. The van der Waals surface area contributed by atoms with Crippen LogP contribution in [0.25, 0.3) is 0 Å². The maximum absolute atomic E-state index is 3.52. The van der Waals surface area contributed by atoms with Crippen molar-refractivity contribution in [1.82, 2.24) is 0 Å². The highest BCUT2D eigenvalue weighted by Crippen LogP contribution is 2.25. The average molecular weight is 310 g/mol. The first kappa shape index (κ1) is 12.7. The number of hydrogen-bond acceptors (Lipinski definition) is 2. The number of halogens is 1. The van der Waals surface area contributed by atoms with Gasteiger partial charge in [-0.05, 0) is 64.8 Å². The molecule has 0 bridgehead atoms. The maximum atomic E-state index is 3.52. The molecule has 0 radical (unpaired) electrons. The first-order valence-corrected chi connectivity index (χ1v) is 7.28. The number of hydrogen-bond donors (Lipinski definition) is 1. The smallest absolute Gasteiger partial charge is 0.0701 e. The van der Waals surface area contributed by atoms with Crippen LogP contribution in [0.15, 0.2) is 27.4 Å². The fourth-order valence-corrected chi connectivity index (χ4v) is 3.30. The van der Waals surface area contributed by atoms with Crippen LogP contribution in [0.4, 0.5) is 5.69 Å². The van der Waals surface area contributed by atoms with E-state index in [2.05, 4.69) is 65.6 Å². The second-order valence-electron chi connectivity index (χ2n) is 4.39. The molecule has 3 heteroatoms. The van der Waals surface area contributed by atoms with Crippen molar-refractivity contribution < 1.29 is 0 Å². The Hall–Kier alpha value is -0.800. The zero-order valence-corrected chi connectivity index (χ0v) is 12.7. The molecule has 2 rings (SSSR count). The van der Waals surface area contributed by atoms with Gasteiger partial charge in [0.15, 0.2) is 0 Å². The van der Waals surface area contributed by atoms with Gasteiger partial charge >= 0.3 is 0 Å². The van der Waals surface area contributed by atoms with Crippen molar-refractivity contribution in [2.75, 3.05) is 5.32 Å². The summed E-state index contributed by atoms with van der Waals surface area (Å²) in [6, 6.07) is 6.61. The second kappa shape index (κ2) is 5.23. The maximum Gasteiger partial charge on any atom is 0.0701 e. The van der Waals surface area contributed by atoms with E-state index in [0.717, 1.165) is 6.54 Å². The van der Waals surface area contributed by atoms with Gasteiger partial charge in [0.05, 0.1) is 3.79 Å². The molecule has 0 saturated heterocycles. The molecule has 0 aliphatic carbocycles. The molecule has 1 N–H and O–H groups in total. The zero-order valence-electron chi connectivity index (χ0n) is 10.3. The SMILES string of the molecule is Cc1cc(C)c(NCc2csc(Br)c2)c(C)c1. The van der Waals surface area contributed by atoms with Crippen molar-refractivity contribution in [3.05, 3.63) is 49.6 Å². The third-order valence-electron chi connectivity index (χ3n) is 2.77. The molecule has 1 heterocycles. The largest absolute Gasteiger partial charge is 0.381 e. The summed E-state index contributed by atoms with van der Waals surface area (Å²) in [7, 11) is 0. The normalized spacial score (nSPS) is 10.6. The topological polar surface area (TPSA) is 12.0 Å². The van der Waals surface area contributed by atoms with Crippen LogP contribution in [0.5, 0.6) is 0 Å². The first-order chi connectivity index (χ1) is 8.06. The highest BCUT2D eigenvalue weighted by atomic mass is 79.9. The minimum atomic E-state index is 0.882. The van der Waals surface area contributed by atoms with Gasteiger partial charge in [-0.3, -0.25) is 0 Å². The van der Waals surface area contributed by atoms with Crippen LogP contribution in [0.2, 0.25) is 0 Å². The third kappa shape index (κ3) is 3.11. The Kier molecular flexibility index (Phi) is 3.89. The van der Waals surface area contributed by atoms with Gasteiger partial charge in [-0.25, -0.2) is 0 Å². The van der Waals surface area contributed by atoms with Crippen molar-refractivity contribution >= 4 is 33.0 Å². The van der Waals surface area contributed by atoms with Gasteiger partial charge in [0.2, 0.25) is 0 Å². The number of nitrogens with one attached hydrogen (secondary N) is 1. The Morgan fingerprint density at radius 3 is 2.29 bits per heavy atom. The fourth-order valence-electron chi connectivity index (χ4n) is 2.09. The van der Waals surface area contributed by atoms with Gasteiger partial charge in [0.25, 0.3) is 0 Å². The van der Waals surface area contributed by atoms with E-state index in [9.17, 15) is 0 Å². The van der Waals surface area contributed by atoms with E-state index < -0.39 is 0 Å². The molecule has 0 unspecified atom stereocenters. The zero-order chi connectivity index (χ0) is 12.4. The molecule has 17 heavy (non-hydrogen) atoms. The molecular formula is C14H16BrNS. The van der Waals surface area contributed by atoms with E-state index in [1.807, 2.05) is 0 Å². The Morgan fingerprint density at radius 2 is 1.76 bits per heavy atom. The number of benzene rings is 1. The number of rotatable bonds is 3. The van der Waals surface area contributed by atoms with Crippen LogP contribution in [-0.2, 0) is 6.54 Å². The molecule has 1 aromatic heterocycles. The number of anilines is 1. The molecule has 0 aliphatic heterocycles.